The minimum Gasteiger partial charge on any atom is -0.271 e. The third-order valence-corrected chi connectivity index (χ3v) is 2.72. The Kier molecular flexibility index (Phi) is 2.79. The van der Waals surface area contributed by atoms with Crippen LogP contribution in [0.2, 0.25) is 0 Å². The van der Waals surface area contributed by atoms with E-state index in [0.717, 1.165) is 17.9 Å². The summed E-state index contributed by atoms with van der Waals surface area (Å²) in [6.45, 7) is 0. The van der Waals surface area contributed by atoms with Crippen LogP contribution >= 0.6 is 0 Å². The Morgan fingerprint density at radius 1 is 1.50 bits per heavy atom. The Hall–Kier alpha value is -0.930. The van der Waals surface area contributed by atoms with Gasteiger partial charge in [0, 0.05) is 6.04 Å². The number of hydrogen-bond acceptors (Lipinski definition) is 2. The van der Waals surface area contributed by atoms with Gasteiger partial charge >= 0.3 is 0 Å². The van der Waals surface area contributed by atoms with Crippen molar-refractivity contribution in [1.29, 1.82) is 0 Å². The fourth-order valence-corrected chi connectivity index (χ4v) is 1.71. The summed E-state index contributed by atoms with van der Waals surface area (Å²) in [5.74, 6) is 6.04. The van der Waals surface area contributed by atoms with E-state index in [9.17, 15) is 4.39 Å². The van der Waals surface area contributed by atoms with E-state index in [-0.39, 0.29) is 11.9 Å². The standard InChI is InChI=1S/C11H15FN2/c12-10-3-1-2-9(7-10)11(14-13)6-8-4-5-8/h1-3,7-8,11,14H,4-6,13H2. The van der Waals surface area contributed by atoms with Crippen molar-refractivity contribution in [1.82, 2.24) is 5.43 Å². The normalized spacial score (nSPS) is 18.1. The smallest absolute Gasteiger partial charge is 0.123 e. The average molecular weight is 194 g/mol. The van der Waals surface area contributed by atoms with Crippen LogP contribution in [0.4, 0.5) is 4.39 Å². The Bertz CT molecular complexity index is 310. The number of hydrazine groups is 1. The zero-order chi connectivity index (χ0) is 9.97. The molecular weight excluding hydrogens is 179 g/mol. The van der Waals surface area contributed by atoms with Crippen molar-refractivity contribution >= 4 is 0 Å². The molecule has 1 saturated carbocycles. The number of hydrogen-bond donors (Lipinski definition) is 2. The van der Waals surface area contributed by atoms with Gasteiger partial charge in [0.2, 0.25) is 0 Å². The van der Waals surface area contributed by atoms with Crippen molar-refractivity contribution in [3.05, 3.63) is 35.6 Å². The van der Waals surface area contributed by atoms with Gasteiger partial charge in [0.15, 0.2) is 0 Å². The van der Waals surface area contributed by atoms with Crippen LogP contribution in [0, 0.1) is 11.7 Å². The summed E-state index contributed by atoms with van der Waals surface area (Å²) in [6.07, 6.45) is 3.58. The highest BCUT2D eigenvalue weighted by molar-refractivity contribution is 5.20. The van der Waals surface area contributed by atoms with E-state index < -0.39 is 0 Å². The molecule has 14 heavy (non-hydrogen) atoms. The van der Waals surface area contributed by atoms with Crippen LogP contribution in [0.15, 0.2) is 24.3 Å². The van der Waals surface area contributed by atoms with E-state index in [1.54, 1.807) is 12.1 Å². The lowest BCUT2D eigenvalue weighted by Crippen LogP contribution is -2.28. The third-order valence-electron chi connectivity index (χ3n) is 2.72. The molecule has 0 radical (unpaired) electrons. The van der Waals surface area contributed by atoms with Gasteiger partial charge in [-0.2, -0.15) is 0 Å². The fourth-order valence-electron chi connectivity index (χ4n) is 1.71. The van der Waals surface area contributed by atoms with Gasteiger partial charge in [-0.1, -0.05) is 25.0 Å². The lowest BCUT2D eigenvalue weighted by atomic mass is 10.0. The number of halogens is 1. The number of benzene rings is 1. The van der Waals surface area contributed by atoms with Crippen LogP contribution in [0.3, 0.4) is 0 Å². The SMILES string of the molecule is NNC(CC1CC1)c1cccc(F)c1. The summed E-state index contributed by atoms with van der Waals surface area (Å²) in [5, 5.41) is 0. The summed E-state index contributed by atoms with van der Waals surface area (Å²) >= 11 is 0. The Labute approximate surface area is 83.3 Å². The second-order valence-corrected chi connectivity index (χ2v) is 3.95. The summed E-state index contributed by atoms with van der Waals surface area (Å²) < 4.78 is 12.9. The Morgan fingerprint density at radius 3 is 2.86 bits per heavy atom. The average Bonchev–Trinajstić information content (AvgIpc) is 2.98. The molecule has 3 heteroatoms. The van der Waals surface area contributed by atoms with Crippen LogP contribution in [0.25, 0.3) is 0 Å². The van der Waals surface area contributed by atoms with Crippen LogP contribution in [-0.2, 0) is 0 Å². The molecule has 1 aliphatic carbocycles. The first-order chi connectivity index (χ1) is 6.79. The third kappa shape index (κ3) is 2.30. The molecule has 1 unspecified atom stereocenters. The second-order valence-electron chi connectivity index (χ2n) is 3.95. The van der Waals surface area contributed by atoms with Gasteiger partial charge in [0.1, 0.15) is 5.82 Å². The molecule has 0 saturated heterocycles. The number of rotatable bonds is 4. The molecule has 0 spiro atoms. The number of nitrogens with two attached hydrogens (primary N) is 1. The van der Waals surface area contributed by atoms with Gasteiger partial charge in [-0.15, -0.1) is 0 Å². The van der Waals surface area contributed by atoms with Gasteiger partial charge in [-0.05, 0) is 30.0 Å². The zero-order valence-corrected chi connectivity index (χ0v) is 8.04. The Balaban J connectivity index is 2.08. The molecule has 0 aliphatic heterocycles. The zero-order valence-electron chi connectivity index (χ0n) is 8.04. The first kappa shape index (κ1) is 9.62. The van der Waals surface area contributed by atoms with Crippen LogP contribution in [0.1, 0.15) is 30.9 Å². The van der Waals surface area contributed by atoms with E-state index in [1.807, 2.05) is 6.07 Å². The van der Waals surface area contributed by atoms with Gasteiger partial charge in [-0.3, -0.25) is 11.3 Å². The highest BCUT2D eigenvalue weighted by Gasteiger charge is 2.25. The molecule has 0 heterocycles. The van der Waals surface area contributed by atoms with Crippen molar-refractivity contribution in [2.45, 2.75) is 25.3 Å². The lowest BCUT2D eigenvalue weighted by Gasteiger charge is -2.15. The quantitative estimate of drug-likeness (QED) is 0.569. The molecule has 1 atom stereocenters. The number of nitrogens with one attached hydrogen (secondary N) is 1. The molecule has 76 valence electrons. The van der Waals surface area contributed by atoms with E-state index in [0.29, 0.717) is 0 Å². The largest absolute Gasteiger partial charge is 0.271 e. The lowest BCUT2D eigenvalue weighted by molar-refractivity contribution is 0.484. The van der Waals surface area contributed by atoms with Gasteiger partial charge in [0.25, 0.3) is 0 Å². The summed E-state index contributed by atoms with van der Waals surface area (Å²) in [6, 6.07) is 6.73. The van der Waals surface area contributed by atoms with Gasteiger partial charge < -0.3 is 0 Å². The predicted octanol–water partition coefficient (Wildman–Crippen LogP) is 2.13. The summed E-state index contributed by atoms with van der Waals surface area (Å²) in [5.41, 5.74) is 3.69. The molecule has 2 rings (SSSR count). The first-order valence-electron chi connectivity index (χ1n) is 5.01. The molecule has 1 fully saturated rings. The maximum absolute atomic E-state index is 12.9. The summed E-state index contributed by atoms with van der Waals surface area (Å²) in [7, 11) is 0. The van der Waals surface area contributed by atoms with E-state index in [1.165, 1.54) is 18.9 Å². The molecule has 0 bridgehead atoms. The van der Waals surface area contributed by atoms with Crippen molar-refractivity contribution < 1.29 is 4.39 Å². The first-order valence-corrected chi connectivity index (χ1v) is 5.01. The molecule has 2 nitrogen and oxygen atoms in total. The van der Waals surface area contributed by atoms with E-state index in [4.69, 9.17) is 5.84 Å². The maximum atomic E-state index is 12.9. The van der Waals surface area contributed by atoms with Crippen LogP contribution in [0.5, 0.6) is 0 Å². The predicted molar refractivity (Wildman–Crippen MR) is 53.8 cm³/mol. The maximum Gasteiger partial charge on any atom is 0.123 e. The molecule has 1 aliphatic rings. The fraction of sp³-hybridized carbons (Fsp3) is 0.455. The Morgan fingerprint density at radius 2 is 2.29 bits per heavy atom. The van der Waals surface area contributed by atoms with Crippen molar-refractivity contribution in [3.63, 3.8) is 0 Å². The van der Waals surface area contributed by atoms with Crippen LogP contribution in [-0.4, -0.2) is 0 Å². The monoisotopic (exact) mass is 194 g/mol. The highest BCUT2D eigenvalue weighted by atomic mass is 19.1. The van der Waals surface area contributed by atoms with E-state index >= 15 is 0 Å². The van der Waals surface area contributed by atoms with Crippen molar-refractivity contribution in [2.24, 2.45) is 11.8 Å². The van der Waals surface area contributed by atoms with E-state index in [2.05, 4.69) is 5.43 Å². The highest BCUT2D eigenvalue weighted by Crippen LogP contribution is 2.37. The van der Waals surface area contributed by atoms with Crippen molar-refractivity contribution in [3.8, 4) is 0 Å². The van der Waals surface area contributed by atoms with Gasteiger partial charge in [0.05, 0.1) is 0 Å². The minimum atomic E-state index is -0.196. The van der Waals surface area contributed by atoms with Crippen molar-refractivity contribution in [2.75, 3.05) is 0 Å². The second kappa shape index (κ2) is 4.07. The molecule has 0 aromatic heterocycles. The molecule has 3 N–H and O–H groups in total. The molecule has 1 aromatic carbocycles. The van der Waals surface area contributed by atoms with Crippen LogP contribution < -0.4 is 11.3 Å². The van der Waals surface area contributed by atoms with Gasteiger partial charge in [-0.25, -0.2) is 4.39 Å². The summed E-state index contributed by atoms with van der Waals surface area (Å²) in [4.78, 5) is 0. The minimum absolute atomic E-state index is 0.0956. The topological polar surface area (TPSA) is 38.0 Å². The molecular formula is C11H15FN2. The molecule has 1 aromatic rings. The molecule has 0 amide bonds.